The highest BCUT2D eigenvalue weighted by Gasteiger charge is 1.99. The number of benzene rings is 2. The first-order chi connectivity index (χ1) is 13.6. The summed E-state index contributed by atoms with van der Waals surface area (Å²) >= 11 is 0. The van der Waals surface area contributed by atoms with E-state index in [2.05, 4.69) is 27.9 Å². The molecule has 154 valence electrons. The first-order valence-electron chi connectivity index (χ1n) is 8.86. The summed E-state index contributed by atoms with van der Waals surface area (Å²) in [6.45, 7) is 1.27. The molecule has 0 atom stereocenters. The Labute approximate surface area is 165 Å². The number of amides is 1. The second-order valence-electron chi connectivity index (χ2n) is 5.52. The highest BCUT2D eigenvalue weighted by atomic mass is 19.1. The van der Waals surface area contributed by atoms with Gasteiger partial charge in [-0.15, -0.1) is 0 Å². The third-order valence-electron chi connectivity index (χ3n) is 3.35. The maximum atomic E-state index is 12.8. The molecule has 2 rings (SSSR count). The summed E-state index contributed by atoms with van der Waals surface area (Å²) in [5.41, 5.74) is 5.48. The van der Waals surface area contributed by atoms with Crippen molar-refractivity contribution in [3.63, 3.8) is 0 Å². The van der Waals surface area contributed by atoms with Crippen LogP contribution in [0.4, 0.5) is 4.39 Å². The molecule has 0 aliphatic heterocycles. The molecule has 2 aromatic rings. The van der Waals surface area contributed by atoms with Crippen LogP contribution in [0.1, 0.15) is 18.4 Å². The molecule has 28 heavy (non-hydrogen) atoms. The van der Waals surface area contributed by atoms with E-state index in [1.54, 1.807) is 12.1 Å². The number of rotatable bonds is 9. The van der Waals surface area contributed by atoms with E-state index in [1.807, 2.05) is 19.2 Å². The number of hydrogen-bond acceptors (Lipinski definition) is 5. The summed E-state index contributed by atoms with van der Waals surface area (Å²) in [4.78, 5) is 17.9. The fourth-order valence-corrected chi connectivity index (χ4v) is 2.06. The third-order valence-corrected chi connectivity index (χ3v) is 3.35. The Hall–Kier alpha value is -2.77. The number of hydrogen-bond donors (Lipinski definition) is 2. The number of halogens is 1. The Morgan fingerprint density at radius 3 is 1.96 bits per heavy atom. The van der Waals surface area contributed by atoms with Gasteiger partial charge in [-0.2, -0.15) is 0 Å². The molecule has 0 bridgehead atoms. The number of carbonyl (C=O) groups excluding carboxylic acids is 2. The van der Waals surface area contributed by atoms with Gasteiger partial charge in [0.2, 0.25) is 6.41 Å². The fourth-order valence-electron chi connectivity index (χ4n) is 2.06. The molecule has 1 amide bonds. The fraction of sp³-hybridized carbons (Fsp3) is 0.333. The average molecular weight is 392 g/mol. The molecule has 6 nitrogen and oxygen atoms in total. The number of carbonyl (C=O) groups is 2. The van der Waals surface area contributed by atoms with Crippen molar-refractivity contribution >= 4 is 12.7 Å². The lowest BCUT2D eigenvalue weighted by atomic mass is 10.1. The predicted molar refractivity (Wildman–Crippen MR) is 108 cm³/mol. The van der Waals surface area contributed by atoms with Gasteiger partial charge in [0.1, 0.15) is 30.2 Å². The van der Waals surface area contributed by atoms with Gasteiger partial charge in [-0.1, -0.05) is 12.1 Å². The Morgan fingerprint density at radius 2 is 1.54 bits per heavy atom. The highest BCUT2D eigenvalue weighted by molar-refractivity contribution is 5.50. The second kappa shape index (κ2) is 17.6. The summed E-state index contributed by atoms with van der Waals surface area (Å²) in [5, 5.41) is 3.15. The molecule has 0 radical (unpaired) electrons. The highest BCUT2D eigenvalue weighted by Crippen LogP contribution is 2.22. The average Bonchev–Trinajstić information content (AvgIpc) is 2.70. The van der Waals surface area contributed by atoms with Gasteiger partial charge in [0.25, 0.3) is 0 Å². The van der Waals surface area contributed by atoms with E-state index in [4.69, 9.17) is 9.53 Å². The quantitative estimate of drug-likeness (QED) is 0.505. The summed E-state index contributed by atoms with van der Waals surface area (Å²) in [5.74, 6) is 1.16. The topological polar surface area (TPSA) is 90.7 Å². The van der Waals surface area contributed by atoms with Crippen molar-refractivity contribution in [2.75, 3.05) is 27.3 Å². The van der Waals surface area contributed by atoms with Crippen molar-refractivity contribution < 1.29 is 23.5 Å². The molecule has 0 aliphatic carbocycles. The van der Waals surface area contributed by atoms with E-state index in [0.717, 1.165) is 18.7 Å². The van der Waals surface area contributed by atoms with Crippen molar-refractivity contribution in [3.05, 3.63) is 59.9 Å². The van der Waals surface area contributed by atoms with Crippen LogP contribution in [0.2, 0.25) is 0 Å². The second-order valence-corrected chi connectivity index (χ2v) is 5.52. The van der Waals surface area contributed by atoms with Crippen LogP contribution >= 0.6 is 0 Å². The lowest BCUT2D eigenvalue weighted by Gasteiger charge is -2.07. The van der Waals surface area contributed by atoms with Gasteiger partial charge >= 0.3 is 0 Å². The largest absolute Gasteiger partial charge is 0.457 e. The van der Waals surface area contributed by atoms with Crippen molar-refractivity contribution in [3.8, 4) is 11.5 Å². The van der Waals surface area contributed by atoms with Gasteiger partial charge in [0.15, 0.2) is 0 Å². The molecule has 0 saturated carbocycles. The predicted octanol–water partition coefficient (Wildman–Crippen LogP) is 3.09. The smallest absolute Gasteiger partial charge is 0.204 e. The molecular weight excluding hydrogens is 363 g/mol. The van der Waals surface area contributed by atoms with Gasteiger partial charge in [-0.3, -0.25) is 4.79 Å². The SMILES string of the molecule is CNCCCCc1ccc(Oc2ccc(F)cc2)cc1.COCC=O.NC=O. The number of unbranched alkanes of at least 4 members (excludes halogenated alkanes) is 1. The monoisotopic (exact) mass is 392 g/mol. The molecule has 0 saturated heterocycles. The number of nitrogens with one attached hydrogen (secondary N) is 1. The van der Waals surface area contributed by atoms with Crippen molar-refractivity contribution in [2.45, 2.75) is 19.3 Å². The van der Waals surface area contributed by atoms with E-state index in [9.17, 15) is 9.18 Å². The minimum Gasteiger partial charge on any atom is -0.457 e. The van der Waals surface area contributed by atoms with Crippen LogP contribution in [0.3, 0.4) is 0 Å². The number of nitrogens with two attached hydrogens (primary N) is 1. The zero-order chi connectivity index (χ0) is 21.0. The van der Waals surface area contributed by atoms with Crippen LogP contribution < -0.4 is 15.8 Å². The van der Waals surface area contributed by atoms with Gasteiger partial charge in [0.05, 0.1) is 0 Å². The Balaban J connectivity index is 0.000000777. The maximum Gasteiger partial charge on any atom is 0.204 e. The van der Waals surface area contributed by atoms with Gasteiger partial charge in [0, 0.05) is 7.11 Å². The van der Waals surface area contributed by atoms with E-state index < -0.39 is 0 Å². The summed E-state index contributed by atoms with van der Waals surface area (Å²) < 4.78 is 22.8. The number of aryl methyl sites for hydroxylation is 1. The molecule has 0 aliphatic rings. The van der Waals surface area contributed by atoms with Crippen LogP contribution in [-0.2, 0) is 20.7 Å². The first kappa shape index (κ1) is 25.2. The van der Waals surface area contributed by atoms with E-state index in [-0.39, 0.29) is 18.8 Å². The van der Waals surface area contributed by atoms with Crippen LogP contribution in [-0.4, -0.2) is 40.0 Å². The zero-order valence-electron chi connectivity index (χ0n) is 16.4. The molecule has 0 unspecified atom stereocenters. The molecule has 0 aromatic heterocycles. The van der Waals surface area contributed by atoms with E-state index in [1.165, 1.54) is 37.6 Å². The number of primary amides is 1. The van der Waals surface area contributed by atoms with Crippen LogP contribution in [0.15, 0.2) is 48.5 Å². The van der Waals surface area contributed by atoms with Gasteiger partial charge < -0.3 is 25.3 Å². The zero-order valence-corrected chi connectivity index (χ0v) is 16.4. The maximum absolute atomic E-state index is 12.8. The number of ether oxygens (including phenoxy) is 2. The van der Waals surface area contributed by atoms with Crippen LogP contribution in [0, 0.1) is 5.82 Å². The molecular formula is C21H29FN2O4. The van der Waals surface area contributed by atoms with Crippen LogP contribution in [0.25, 0.3) is 0 Å². The van der Waals surface area contributed by atoms with Gasteiger partial charge in [-0.05, 0) is 74.8 Å². The number of aldehydes is 1. The van der Waals surface area contributed by atoms with E-state index in [0.29, 0.717) is 12.0 Å². The lowest BCUT2D eigenvalue weighted by molar-refractivity contribution is -0.111. The molecule has 0 fully saturated rings. The standard InChI is InChI=1S/C17H20FNO.C3H6O2.CH3NO/c1-19-13-3-2-4-14-5-9-16(10-6-14)20-17-11-7-15(18)8-12-17;1-5-3-2-4;2-1-3/h5-12,19H,2-4,13H2,1H3;2H,3H2,1H3;1H,(H2,2,3). The number of methoxy groups -OCH3 is 1. The summed E-state index contributed by atoms with van der Waals surface area (Å²) in [6.07, 6.45) is 4.40. The Bertz CT molecular complexity index is 634. The Kier molecular flexibility index (Phi) is 15.9. The molecule has 2 aromatic carbocycles. The normalized spacial score (nSPS) is 9.25. The molecule has 3 N–H and O–H groups in total. The minimum absolute atomic E-state index is 0.208. The van der Waals surface area contributed by atoms with Crippen molar-refractivity contribution in [1.29, 1.82) is 0 Å². The van der Waals surface area contributed by atoms with Crippen molar-refractivity contribution in [1.82, 2.24) is 5.32 Å². The summed E-state index contributed by atoms with van der Waals surface area (Å²) in [6, 6.07) is 14.1. The van der Waals surface area contributed by atoms with E-state index >= 15 is 0 Å². The molecule has 7 heteroatoms. The van der Waals surface area contributed by atoms with Crippen LogP contribution in [0.5, 0.6) is 11.5 Å². The van der Waals surface area contributed by atoms with Gasteiger partial charge in [-0.25, -0.2) is 4.39 Å². The first-order valence-corrected chi connectivity index (χ1v) is 8.86. The Morgan fingerprint density at radius 1 is 1.00 bits per heavy atom. The molecule has 0 spiro atoms. The lowest BCUT2D eigenvalue weighted by Crippen LogP contribution is -2.07. The minimum atomic E-state index is -0.255. The molecule has 0 heterocycles. The summed E-state index contributed by atoms with van der Waals surface area (Å²) in [7, 11) is 3.45. The third kappa shape index (κ3) is 13.4. The van der Waals surface area contributed by atoms with Crippen molar-refractivity contribution in [2.24, 2.45) is 5.73 Å².